The molecule has 150 valence electrons. The van der Waals surface area contributed by atoms with Gasteiger partial charge in [-0.3, -0.25) is 10.1 Å². The van der Waals surface area contributed by atoms with Gasteiger partial charge in [0.2, 0.25) is 0 Å². The van der Waals surface area contributed by atoms with Crippen LogP contribution >= 0.6 is 0 Å². The molecule has 1 aliphatic heterocycles. The van der Waals surface area contributed by atoms with Gasteiger partial charge < -0.3 is 19.6 Å². The van der Waals surface area contributed by atoms with E-state index in [-0.39, 0.29) is 12.4 Å². The van der Waals surface area contributed by atoms with Crippen LogP contribution in [0.3, 0.4) is 0 Å². The molecule has 0 radical (unpaired) electrons. The Bertz CT molecular complexity index is 1280. The van der Waals surface area contributed by atoms with E-state index < -0.39 is 23.3 Å². The highest BCUT2D eigenvalue weighted by Crippen LogP contribution is 2.33. The van der Waals surface area contributed by atoms with Crippen molar-refractivity contribution < 1.29 is 19.1 Å². The molecule has 3 amide bonds. The van der Waals surface area contributed by atoms with E-state index in [1.54, 1.807) is 55.2 Å². The first-order valence-electron chi connectivity index (χ1n) is 9.16. The number of rotatable bonds is 4. The van der Waals surface area contributed by atoms with Crippen molar-refractivity contribution in [2.75, 3.05) is 0 Å². The Morgan fingerprint density at radius 1 is 1.13 bits per heavy atom. The summed E-state index contributed by atoms with van der Waals surface area (Å²) in [6, 6.07) is 10.5. The lowest BCUT2D eigenvalue weighted by Crippen LogP contribution is -2.47. The standard InChI is InChI=1S/C21H16FN5O3/c22-15-4-1-13-10-27(18(28)17(13)9-15)11-21(19(29)24-20(30)25-21)14-2-5-16(6-3-14)26-8-7-23-12-26/h1-10,12,28H,11H2,(H2,24,25,29,30). The summed E-state index contributed by atoms with van der Waals surface area (Å²) >= 11 is 0. The fourth-order valence-electron chi connectivity index (χ4n) is 3.82. The van der Waals surface area contributed by atoms with Crippen molar-refractivity contribution in [3.63, 3.8) is 0 Å². The lowest BCUT2D eigenvalue weighted by atomic mass is 9.89. The monoisotopic (exact) mass is 405 g/mol. The lowest BCUT2D eigenvalue weighted by Gasteiger charge is -2.27. The molecule has 0 spiro atoms. The quantitative estimate of drug-likeness (QED) is 0.454. The third-order valence-electron chi connectivity index (χ3n) is 5.33. The van der Waals surface area contributed by atoms with Gasteiger partial charge in [-0.15, -0.1) is 0 Å². The molecule has 3 N–H and O–H groups in total. The van der Waals surface area contributed by atoms with Crippen molar-refractivity contribution in [2.24, 2.45) is 0 Å². The zero-order valence-electron chi connectivity index (χ0n) is 15.5. The molecular weight excluding hydrogens is 389 g/mol. The van der Waals surface area contributed by atoms with Crippen LogP contribution in [0, 0.1) is 5.82 Å². The van der Waals surface area contributed by atoms with Crippen LogP contribution in [0.5, 0.6) is 5.88 Å². The summed E-state index contributed by atoms with van der Waals surface area (Å²) < 4.78 is 16.8. The Hall–Kier alpha value is -4.14. The van der Waals surface area contributed by atoms with E-state index in [1.165, 1.54) is 16.7 Å². The van der Waals surface area contributed by atoms with E-state index in [9.17, 15) is 19.1 Å². The molecule has 0 bridgehead atoms. The van der Waals surface area contributed by atoms with Gasteiger partial charge in [0.1, 0.15) is 5.82 Å². The molecule has 1 atom stereocenters. The molecule has 2 aromatic heterocycles. The summed E-state index contributed by atoms with van der Waals surface area (Å²) in [6.45, 7) is -0.0723. The van der Waals surface area contributed by atoms with Crippen LogP contribution in [0.1, 0.15) is 5.56 Å². The van der Waals surface area contributed by atoms with Gasteiger partial charge in [0.15, 0.2) is 11.4 Å². The van der Waals surface area contributed by atoms with Gasteiger partial charge in [0.05, 0.1) is 12.9 Å². The van der Waals surface area contributed by atoms with E-state index in [0.29, 0.717) is 16.3 Å². The number of halogens is 1. The molecule has 30 heavy (non-hydrogen) atoms. The van der Waals surface area contributed by atoms with E-state index in [0.717, 1.165) is 5.69 Å². The summed E-state index contributed by atoms with van der Waals surface area (Å²) in [5.74, 6) is -1.20. The minimum absolute atomic E-state index is 0.0723. The molecule has 3 heterocycles. The van der Waals surface area contributed by atoms with E-state index in [2.05, 4.69) is 15.6 Å². The summed E-state index contributed by atoms with van der Waals surface area (Å²) in [5, 5.41) is 16.5. The molecule has 5 rings (SSSR count). The number of imidazole rings is 1. The number of carbonyl (C=O) groups excluding carboxylic acids is 2. The number of benzene rings is 2. The fraction of sp³-hybridized carbons (Fsp3) is 0.0952. The molecular formula is C21H16FN5O3. The molecule has 8 nitrogen and oxygen atoms in total. The van der Waals surface area contributed by atoms with Crippen molar-refractivity contribution in [3.05, 3.63) is 78.8 Å². The van der Waals surface area contributed by atoms with E-state index in [1.807, 2.05) is 4.57 Å². The molecule has 0 saturated carbocycles. The van der Waals surface area contributed by atoms with Crippen LogP contribution in [-0.2, 0) is 16.9 Å². The van der Waals surface area contributed by atoms with Gasteiger partial charge in [-0.25, -0.2) is 14.2 Å². The average Bonchev–Trinajstić information content (AvgIpc) is 3.43. The predicted molar refractivity (Wildman–Crippen MR) is 105 cm³/mol. The molecule has 2 aromatic carbocycles. The zero-order chi connectivity index (χ0) is 20.9. The van der Waals surface area contributed by atoms with Crippen LogP contribution in [0.15, 0.2) is 67.4 Å². The number of aromatic nitrogens is 3. The summed E-state index contributed by atoms with van der Waals surface area (Å²) in [4.78, 5) is 28.9. The second-order valence-electron chi connectivity index (χ2n) is 7.14. The Balaban J connectivity index is 1.58. The van der Waals surface area contributed by atoms with Crippen molar-refractivity contribution in [3.8, 4) is 11.6 Å². The Kier molecular flexibility index (Phi) is 3.85. The minimum Gasteiger partial charge on any atom is -0.494 e. The normalized spacial score (nSPS) is 18.6. The highest BCUT2D eigenvalue weighted by Gasteiger charge is 2.48. The maximum Gasteiger partial charge on any atom is 0.322 e. The molecule has 1 saturated heterocycles. The average molecular weight is 405 g/mol. The van der Waals surface area contributed by atoms with Crippen LogP contribution in [0.2, 0.25) is 0 Å². The molecule has 1 unspecified atom stereocenters. The number of urea groups is 1. The number of imide groups is 1. The van der Waals surface area contributed by atoms with E-state index >= 15 is 0 Å². The summed E-state index contributed by atoms with van der Waals surface area (Å²) in [6.07, 6.45) is 6.71. The second kappa shape index (κ2) is 6.45. The Labute approximate surface area is 169 Å². The molecule has 4 aromatic rings. The number of nitrogens with one attached hydrogen (secondary N) is 2. The zero-order valence-corrected chi connectivity index (χ0v) is 15.5. The largest absolute Gasteiger partial charge is 0.494 e. The highest BCUT2D eigenvalue weighted by atomic mass is 19.1. The van der Waals surface area contributed by atoms with Gasteiger partial charge in [0, 0.05) is 35.1 Å². The molecule has 1 fully saturated rings. The predicted octanol–water partition coefficient (Wildman–Crippen LogP) is 2.41. The smallest absolute Gasteiger partial charge is 0.322 e. The van der Waals surface area contributed by atoms with Crippen LogP contribution in [-0.4, -0.2) is 31.2 Å². The number of aromatic hydroxyl groups is 1. The molecule has 0 aliphatic carbocycles. The van der Waals surface area contributed by atoms with Gasteiger partial charge >= 0.3 is 6.03 Å². The fourth-order valence-corrected chi connectivity index (χ4v) is 3.82. The number of amides is 3. The Morgan fingerprint density at radius 2 is 1.93 bits per heavy atom. The number of hydrogen-bond donors (Lipinski definition) is 3. The summed E-state index contributed by atoms with van der Waals surface area (Å²) in [5.41, 5.74) is -0.0606. The maximum atomic E-state index is 13.6. The van der Waals surface area contributed by atoms with Crippen molar-refractivity contribution >= 4 is 22.7 Å². The van der Waals surface area contributed by atoms with Gasteiger partial charge in [-0.1, -0.05) is 12.1 Å². The number of fused-ring (bicyclic) bond motifs is 1. The first-order chi connectivity index (χ1) is 14.5. The summed E-state index contributed by atoms with van der Waals surface area (Å²) in [7, 11) is 0. The highest BCUT2D eigenvalue weighted by molar-refractivity contribution is 6.07. The number of nitrogens with zero attached hydrogens (tertiary/aromatic N) is 3. The minimum atomic E-state index is -1.43. The van der Waals surface area contributed by atoms with Gasteiger partial charge in [-0.2, -0.15) is 0 Å². The van der Waals surface area contributed by atoms with Crippen molar-refractivity contribution in [1.29, 1.82) is 0 Å². The molecule has 1 aliphatic rings. The third kappa shape index (κ3) is 2.71. The van der Waals surface area contributed by atoms with E-state index in [4.69, 9.17) is 0 Å². The van der Waals surface area contributed by atoms with Crippen molar-refractivity contribution in [1.82, 2.24) is 24.8 Å². The first kappa shape index (κ1) is 17.9. The third-order valence-corrected chi connectivity index (χ3v) is 5.33. The van der Waals surface area contributed by atoms with Gasteiger partial charge in [-0.05, 0) is 35.9 Å². The lowest BCUT2D eigenvalue weighted by molar-refractivity contribution is -0.124. The van der Waals surface area contributed by atoms with Crippen LogP contribution in [0.25, 0.3) is 16.5 Å². The molecule has 9 heteroatoms. The van der Waals surface area contributed by atoms with Gasteiger partial charge in [0.25, 0.3) is 5.91 Å². The topological polar surface area (TPSA) is 101 Å². The number of hydrogen-bond acceptors (Lipinski definition) is 4. The number of carbonyl (C=O) groups is 2. The Morgan fingerprint density at radius 3 is 2.60 bits per heavy atom. The SMILES string of the molecule is O=C1NC(=O)C(Cn2cc3ccc(F)cc3c2O)(c2ccc(-n3ccnc3)cc2)N1. The van der Waals surface area contributed by atoms with Crippen LogP contribution in [0.4, 0.5) is 9.18 Å². The van der Waals surface area contributed by atoms with Crippen LogP contribution < -0.4 is 10.6 Å². The second-order valence-corrected chi connectivity index (χ2v) is 7.14. The van der Waals surface area contributed by atoms with Crippen molar-refractivity contribution in [2.45, 2.75) is 12.1 Å². The first-order valence-corrected chi connectivity index (χ1v) is 9.16. The maximum absolute atomic E-state index is 13.6.